The third kappa shape index (κ3) is 16.3. The molecule has 0 fully saturated rings. The van der Waals surface area contributed by atoms with Crippen LogP contribution in [0.1, 0.15) is 87.0 Å². The number of hydrogen-bond donors (Lipinski definition) is 3. The predicted octanol–water partition coefficient (Wildman–Crippen LogP) is 6.07. The summed E-state index contributed by atoms with van der Waals surface area (Å²) in [5, 5.41) is 29.3. The molecule has 0 saturated carbocycles. The lowest BCUT2D eigenvalue weighted by atomic mass is 9.94. The van der Waals surface area contributed by atoms with Crippen molar-refractivity contribution in [3.8, 4) is 0 Å². The van der Waals surface area contributed by atoms with Crippen molar-refractivity contribution in [1.29, 1.82) is 0 Å². The summed E-state index contributed by atoms with van der Waals surface area (Å²) in [6.45, 7) is 13.4. The Balaban J connectivity index is 2.73. The molecule has 3 N–H and O–H groups in total. The molecule has 41 heavy (non-hydrogen) atoms. The molecule has 0 aromatic rings. The van der Waals surface area contributed by atoms with E-state index in [0.29, 0.717) is 25.7 Å². The molecule has 0 aromatic carbocycles. The van der Waals surface area contributed by atoms with Gasteiger partial charge in [-0.25, -0.2) is 4.79 Å². The number of esters is 2. The SMILES string of the molecule is CC(=CC=CC(C)=CC(O)C(O)CC(C)O)C=C(C)C=CC(=O)OC1CCCC(=O)OC(C(C)C)CC=CCC1C. The summed E-state index contributed by atoms with van der Waals surface area (Å²) in [7, 11) is 0. The van der Waals surface area contributed by atoms with Gasteiger partial charge in [-0.1, -0.05) is 86.1 Å². The van der Waals surface area contributed by atoms with E-state index in [1.807, 2.05) is 45.1 Å². The van der Waals surface area contributed by atoms with Gasteiger partial charge in [0, 0.05) is 25.3 Å². The molecule has 1 aliphatic heterocycles. The predicted molar refractivity (Wildman–Crippen MR) is 164 cm³/mol. The van der Waals surface area contributed by atoms with Crippen LogP contribution in [0, 0.1) is 11.8 Å². The summed E-state index contributed by atoms with van der Waals surface area (Å²) < 4.78 is 11.4. The van der Waals surface area contributed by atoms with Gasteiger partial charge in [0.15, 0.2) is 0 Å². The van der Waals surface area contributed by atoms with Crippen LogP contribution in [0.4, 0.5) is 0 Å². The quantitative estimate of drug-likeness (QED) is 0.119. The van der Waals surface area contributed by atoms with E-state index in [0.717, 1.165) is 23.1 Å². The number of rotatable bonds is 11. The van der Waals surface area contributed by atoms with Crippen LogP contribution in [-0.4, -0.2) is 57.8 Å². The minimum atomic E-state index is -1.05. The Morgan fingerprint density at radius 1 is 1.02 bits per heavy atom. The zero-order chi connectivity index (χ0) is 30.9. The lowest BCUT2D eigenvalue weighted by Gasteiger charge is -2.24. The Labute approximate surface area is 247 Å². The molecule has 1 heterocycles. The number of carbonyl (C=O) groups is 2. The first-order valence-corrected chi connectivity index (χ1v) is 14.8. The smallest absolute Gasteiger partial charge is 0.331 e. The van der Waals surface area contributed by atoms with Crippen molar-refractivity contribution in [2.45, 2.75) is 118 Å². The molecular formula is C34H52O7. The zero-order valence-electron chi connectivity index (χ0n) is 26.0. The first-order valence-electron chi connectivity index (χ1n) is 14.8. The Kier molecular flexibility index (Phi) is 17.2. The lowest BCUT2D eigenvalue weighted by Crippen LogP contribution is -2.27. The standard InChI is InChI=1S/C34H52O7/c1-23(2)31-15-9-8-14-27(6)32(16-11-17-33(38)40-31)41-34(39)19-18-26(5)20-24(3)12-10-13-25(4)21-29(36)30(37)22-28(7)35/h8-10,12-13,18-21,23,27-32,35-37H,11,14-17,22H2,1-7H3. The summed E-state index contributed by atoms with van der Waals surface area (Å²) in [4.78, 5) is 24.9. The van der Waals surface area contributed by atoms with Crippen LogP contribution in [0.5, 0.6) is 0 Å². The maximum absolute atomic E-state index is 12.6. The fourth-order valence-electron chi connectivity index (χ4n) is 4.40. The van der Waals surface area contributed by atoms with Gasteiger partial charge in [0.2, 0.25) is 0 Å². The Hall–Kier alpha value is -2.74. The molecule has 0 amide bonds. The van der Waals surface area contributed by atoms with Crippen molar-refractivity contribution in [2.24, 2.45) is 11.8 Å². The topological polar surface area (TPSA) is 113 Å². The maximum Gasteiger partial charge on any atom is 0.331 e. The summed E-state index contributed by atoms with van der Waals surface area (Å²) in [5.74, 6) is -0.228. The van der Waals surface area contributed by atoms with Crippen LogP contribution in [0.25, 0.3) is 0 Å². The normalized spacial score (nSPS) is 24.6. The molecule has 7 heteroatoms. The number of hydrogen-bond acceptors (Lipinski definition) is 7. The van der Waals surface area contributed by atoms with E-state index >= 15 is 0 Å². The average molecular weight is 573 g/mol. The number of carbonyl (C=O) groups excluding carboxylic acids is 2. The minimum Gasteiger partial charge on any atom is -0.462 e. The van der Waals surface area contributed by atoms with Gasteiger partial charge in [0.25, 0.3) is 0 Å². The van der Waals surface area contributed by atoms with Crippen molar-refractivity contribution >= 4 is 11.9 Å². The molecule has 1 rings (SSSR count). The molecule has 0 aromatic heterocycles. The second-order valence-corrected chi connectivity index (χ2v) is 11.6. The number of allylic oxidation sites excluding steroid dienone is 9. The third-order valence-corrected chi connectivity index (χ3v) is 6.91. The van der Waals surface area contributed by atoms with Crippen LogP contribution < -0.4 is 0 Å². The number of aliphatic hydroxyl groups excluding tert-OH is 3. The van der Waals surface area contributed by atoms with Gasteiger partial charge in [-0.3, -0.25) is 4.79 Å². The molecule has 0 saturated heterocycles. The zero-order valence-corrected chi connectivity index (χ0v) is 26.0. The van der Waals surface area contributed by atoms with E-state index < -0.39 is 24.3 Å². The third-order valence-electron chi connectivity index (χ3n) is 6.91. The summed E-state index contributed by atoms with van der Waals surface area (Å²) in [5.41, 5.74) is 2.62. The fraction of sp³-hybridized carbons (Fsp3) is 0.588. The van der Waals surface area contributed by atoms with Crippen LogP contribution >= 0.6 is 0 Å². The summed E-state index contributed by atoms with van der Waals surface area (Å²) >= 11 is 0. The van der Waals surface area contributed by atoms with Crippen LogP contribution in [0.3, 0.4) is 0 Å². The van der Waals surface area contributed by atoms with Crippen molar-refractivity contribution in [3.05, 3.63) is 71.4 Å². The van der Waals surface area contributed by atoms with Gasteiger partial charge < -0.3 is 24.8 Å². The fourth-order valence-corrected chi connectivity index (χ4v) is 4.40. The number of cyclic esters (lactones) is 1. The maximum atomic E-state index is 12.6. The summed E-state index contributed by atoms with van der Waals surface area (Å²) in [6.07, 6.45) is 16.3. The van der Waals surface area contributed by atoms with Gasteiger partial charge >= 0.3 is 11.9 Å². The molecule has 6 atom stereocenters. The number of aliphatic hydroxyl groups is 3. The van der Waals surface area contributed by atoms with Gasteiger partial charge in [-0.15, -0.1) is 0 Å². The van der Waals surface area contributed by atoms with E-state index in [9.17, 15) is 24.9 Å². The van der Waals surface area contributed by atoms with Crippen LogP contribution in [-0.2, 0) is 19.1 Å². The highest BCUT2D eigenvalue weighted by atomic mass is 16.5. The van der Waals surface area contributed by atoms with Gasteiger partial charge in [0.1, 0.15) is 12.2 Å². The monoisotopic (exact) mass is 572 g/mol. The molecule has 7 nitrogen and oxygen atoms in total. The van der Waals surface area contributed by atoms with Gasteiger partial charge in [-0.05, 0) is 58.8 Å². The molecule has 0 bridgehead atoms. The lowest BCUT2D eigenvalue weighted by molar-refractivity contribution is -0.151. The van der Waals surface area contributed by atoms with Crippen LogP contribution in [0.15, 0.2) is 71.4 Å². The average Bonchev–Trinajstić information content (AvgIpc) is 2.87. The largest absolute Gasteiger partial charge is 0.462 e. The molecule has 230 valence electrons. The number of ether oxygens (including phenoxy) is 2. The van der Waals surface area contributed by atoms with Crippen molar-refractivity contribution < 1.29 is 34.4 Å². The van der Waals surface area contributed by atoms with Crippen molar-refractivity contribution in [2.75, 3.05) is 0 Å². The van der Waals surface area contributed by atoms with E-state index in [4.69, 9.17) is 9.47 Å². The first-order chi connectivity index (χ1) is 19.3. The molecule has 6 unspecified atom stereocenters. The van der Waals surface area contributed by atoms with E-state index in [-0.39, 0.29) is 36.4 Å². The van der Waals surface area contributed by atoms with Crippen LogP contribution in [0.2, 0.25) is 0 Å². The molecule has 0 radical (unpaired) electrons. The highest BCUT2D eigenvalue weighted by Gasteiger charge is 2.23. The molecule has 1 aliphatic rings. The second-order valence-electron chi connectivity index (χ2n) is 11.6. The summed E-state index contributed by atoms with van der Waals surface area (Å²) in [6, 6.07) is 0. The Morgan fingerprint density at radius 2 is 1.71 bits per heavy atom. The van der Waals surface area contributed by atoms with Crippen molar-refractivity contribution in [3.63, 3.8) is 0 Å². The van der Waals surface area contributed by atoms with E-state index in [1.165, 1.54) is 6.08 Å². The Morgan fingerprint density at radius 3 is 2.37 bits per heavy atom. The molecule has 0 aliphatic carbocycles. The van der Waals surface area contributed by atoms with Gasteiger partial charge in [-0.2, -0.15) is 0 Å². The Bertz CT molecular complexity index is 997. The molecular weight excluding hydrogens is 520 g/mol. The second kappa shape index (κ2) is 19.4. The van der Waals surface area contributed by atoms with Crippen molar-refractivity contribution in [1.82, 2.24) is 0 Å². The first kappa shape index (κ1) is 36.3. The van der Waals surface area contributed by atoms with Gasteiger partial charge in [0.05, 0.1) is 18.3 Å². The van der Waals surface area contributed by atoms with E-state index in [1.54, 1.807) is 19.1 Å². The highest BCUT2D eigenvalue weighted by molar-refractivity contribution is 5.82. The minimum absolute atomic E-state index is 0.102. The van der Waals surface area contributed by atoms with E-state index in [2.05, 4.69) is 32.9 Å². The molecule has 0 spiro atoms. The highest BCUT2D eigenvalue weighted by Crippen LogP contribution is 2.22.